The number of fused-ring (bicyclic) bond motifs is 2. The molecule has 0 amide bonds. The highest BCUT2D eigenvalue weighted by Gasteiger charge is 2.30. The summed E-state index contributed by atoms with van der Waals surface area (Å²) < 4.78 is 6.29. The van der Waals surface area contributed by atoms with Crippen LogP contribution in [0.1, 0.15) is 48.6 Å². The molecule has 0 aliphatic carbocycles. The molecule has 0 unspecified atom stereocenters. The van der Waals surface area contributed by atoms with E-state index in [1.807, 2.05) is 12.3 Å². The number of hydrogen-bond acceptors (Lipinski definition) is 3. The van der Waals surface area contributed by atoms with Gasteiger partial charge in [-0.05, 0) is 79.1 Å². The third kappa shape index (κ3) is 2.95. The molecule has 4 rings (SSSR count). The summed E-state index contributed by atoms with van der Waals surface area (Å²) in [5.41, 5.74) is 8.43. The van der Waals surface area contributed by atoms with E-state index in [1.54, 1.807) is 0 Å². The average Bonchev–Trinajstić information content (AvgIpc) is 2.60. The molecule has 0 radical (unpaired) electrons. The summed E-state index contributed by atoms with van der Waals surface area (Å²) in [5.74, 6) is 2.56. The van der Waals surface area contributed by atoms with Crippen LogP contribution in [-0.4, -0.2) is 4.98 Å². The van der Waals surface area contributed by atoms with Gasteiger partial charge in [-0.1, -0.05) is 39.0 Å². The maximum atomic E-state index is 6.29. The highest BCUT2D eigenvalue weighted by molar-refractivity contribution is 5.87. The minimum Gasteiger partial charge on any atom is -0.451 e. The van der Waals surface area contributed by atoms with Crippen molar-refractivity contribution < 1.29 is 4.74 Å². The summed E-state index contributed by atoms with van der Waals surface area (Å²) in [6.45, 7) is 15.3. The number of hydrogen-bond donors (Lipinski definition) is 0. The van der Waals surface area contributed by atoms with Gasteiger partial charge in [0.05, 0.1) is 11.4 Å². The van der Waals surface area contributed by atoms with Gasteiger partial charge in [-0.2, -0.15) is 0 Å². The van der Waals surface area contributed by atoms with Crippen molar-refractivity contribution in [3.63, 3.8) is 0 Å². The fourth-order valence-electron chi connectivity index (χ4n) is 3.90. The van der Waals surface area contributed by atoms with Gasteiger partial charge >= 0.3 is 0 Å². The number of rotatable bonds is 1. The Kier molecular flexibility index (Phi) is 4.22. The summed E-state index contributed by atoms with van der Waals surface area (Å²) in [4.78, 5) is 6.98. The van der Waals surface area contributed by atoms with Gasteiger partial charge in [0.15, 0.2) is 17.3 Å². The van der Waals surface area contributed by atoms with Crippen LogP contribution >= 0.6 is 0 Å². The number of pyridine rings is 1. The normalized spacial score (nSPS) is 13.0. The standard InChI is InChI=1S/C25H28N2O/c1-15-8-9-20-21(12-15)28-23-16(2)10-11-26-24(23)27(20)22-17(3)13-19(14-18(22)4)25(5,6)7/h8-14H,1-7H3. The van der Waals surface area contributed by atoms with Crippen molar-refractivity contribution in [2.24, 2.45) is 0 Å². The molecule has 0 fully saturated rings. The predicted octanol–water partition coefficient (Wildman–Crippen LogP) is 7.19. The fraction of sp³-hybridized carbons (Fsp3) is 0.320. The Bertz CT molecular complexity index is 1050. The zero-order valence-electron chi connectivity index (χ0n) is 17.8. The molecule has 3 nitrogen and oxygen atoms in total. The molecule has 3 heteroatoms. The van der Waals surface area contributed by atoms with Crippen molar-refractivity contribution in [1.82, 2.24) is 4.98 Å². The lowest BCUT2D eigenvalue weighted by molar-refractivity contribution is 0.470. The van der Waals surface area contributed by atoms with Crippen molar-refractivity contribution in [3.8, 4) is 11.5 Å². The Balaban J connectivity index is 2.00. The van der Waals surface area contributed by atoms with Gasteiger partial charge in [0.2, 0.25) is 0 Å². The lowest BCUT2D eigenvalue weighted by atomic mass is 9.84. The highest BCUT2D eigenvalue weighted by atomic mass is 16.5. The maximum Gasteiger partial charge on any atom is 0.181 e. The first-order valence-corrected chi connectivity index (χ1v) is 9.83. The molecule has 1 aliphatic heterocycles. The number of nitrogens with zero attached hydrogens (tertiary/aromatic N) is 2. The molecule has 144 valence electrons. The van der Waals surface area contributed by atoms with Crippen LogP contribution in [0.5, 0.6) is 11.5 Å². The molecule has 3 aromatic rings. The second-order valence-electron chi connectivity index (χ2n) is 8.90. The fourth-order valence-corrected chi connectivity index (χ4v) is 3.90. The van der Waals surface area contributed by atoms with E-state index in [-0.39, 0.29) is 5.41 Å². The van der Waals surface area contributed by atoms with E-state index in [9.17, 15) is 0 Å². The van der Waals surface area contributed by atoms with Crippen LogP contribution in [-0.2, 0) is 5.41 Å². The molecule has 0 bridgehead atoms. The predicted molar refractivity (Wildman–Crippen MR) is 117 cm³/mol. The summed E-state index contributed by atoms with van der Waals surface area (Å²) in [5, 5.41) is 0. The quantitative estimate of drug-likeness (QED) is 0.353. The molecule has 0 N–H and O–H groups in total. The number of ether oxygens (including phenoxy) is 1. The first-order chi connectivity index (χ1) is 13.2. The van der Waals surface area contributed by atoms with E-state index < -0.39 is 0 Å². The zero-order chi connectivity index (χ0) is 20.2. The molecule has 0 saturated heterocycles. The van der Waals surface area contributed by atoms with Gasteiger partial charge < -0.3 is 4.74 Å². The van der Waals surface area contributed by atoms with E-state index in [1.165, 1.54) is 27.9 Å². The molecule has 1 aromatic heterocycles. The number of anilines is 3. The Hall–Kier alpha value is -2.81. The zero-order valence-corrected chi connectivity index (χ0v) is 17.8. The first kappa shape index (κ1) is 18.5. The Morgan fingerprint density at radius 3 is 2.18 bits per heavy atom. The van der Waals surface area contributed by atoms with Crippen LogP contribution in [0.4, 0.5) is 17.2 Å². The lowest BCUT2D eigenvalue weighted by Gasteiger charge is -2.35. The van der Waals surface area contributed by atoms with Gasteiger partial charge in [-0.3, -0.25) is 4.90 Å². The van der Waals surface area contributed by atoms with E-state index in [2.05, 4.69) is 83.7 Å². The van der Waals surface area contributed by atoms with Crippen LogP contribution in [0.15, 0.2) is 42.6 Å². The average molecular weight is 373 g/mol. The van der Waals surface area contributed by atoms with E-state index >= 15 is 0 Å². The van der Waals surface area contributed by atoms with Gasteiger partial charge in [0.25, 0.3) is 0 Å². The SMILES string of the molecule is Cc1ccc2c(c1)Oc1c(C)ccnc1N2c1c(C)cc(C(C)(C)C)cc1C. The molecule has 28 heavy (non-hydrogen) atoms. The monoisotopic (exact) mass is 372 g/mol. The summed E-state index contributed by atoms with van der Waals surface area (Å²) in [6.07, 6.45) is 1.86. The van der Waals surface area contributed by atoms with E-state index in [0.29, 0.717) is 0 Å². The topological polar surface area (TPSA) is 25.4 Å². The van der Waals surface area contributed by atoms with E-state index in [4.69, 9.17) is 9.72 Å². The van der Waals surface area contributed by atoms with Crippen molar-refractivity contribution in [1.29, 1.82) is 0 Å². The highest BCUT2D eigenvalue weighted by Crippen LogP contribution is 2.52. The minimum absolute atomic E-state index is 0.112. The first-order valence-electron chi connectivity index (χ1n) is 9.83. The Morgan fingerprint density at radius 1 is 0.857 bits per heavy atom. The van der Waals surface area contributed by atoms with Crippen LogP contribution in [0.3, 0.4) is 0 Å². The molecule has 2 heterocycles. The molecule has 2 aromatic carbocycles. The van der Waals surface area contributed by atoms with Crippen molar-refractivity contribution in [3.05, 3.63) is 70.4 Å². The van der Waals surface area contributed by atoms with Crippen LogP contribution < -0.4 is 9.64 Å². The molecular formula is C25H28N2O. The second-order valence-corrected chi connectivity index (χ2v) is 8.90. The number of benzene rings is 2. The largest absolute Gasteiger partial charge is 0.451 e. The minimum atomic E-state index is 0.112. The van der Waals surface area contributed by atoms with Gasteiger partial charge in [0, 0.05) is 6.20 Å². The second kappa shape index (κ2) is 6.37. The summed E-state index contributed by atoms with van der Waals surface area (Å²) in [7, 11) is 0. The molecular weight excluding hydrogens is 344 g/mol. The van der Waals surface area contributed by atoms with Gasteiger partial charge in [-0.25, -0.2) is 4.98 Å². The van der Waals surface area contributed by atoms with Gasteiger partial charge in [-0.15, -0.1) is 0 Å². The van der Waals surface area contributed by atoms with E-state index in [0.717, 1.165) is 28.6 Å². The van der Waals surface area contributed by atoms with Crippen molar-refractivity contribution in [2.45, 2.75) is 53.9 Å². The smallest absolute Gasteiger partial charge is 0.181 e. The van der Waals surface area contributed by atoms with Crippen molar-refractivity contribution >= 4 is 17.2 Å². The number of aromatic nitrogens is 1. The van der Waals surface area contributed by atoms with Crippen molar-refractivity contribution in [2.75, 3.05) is 4.90 Å². The Labute approximate surface area is 168 Å². The third-order valence-corrected chi connectivity index (χ3v) is 5.44. The number of aryl methyl sites for hydroxylation is 4. The molecule has 0 atom stereocenters. The maximum absolute atomic E-state index is 6.29. The molecule has 1 aliphatic rings. The summed E-state index contributed by atoms with van der Waals surface area (Å²) in [6, 6.07) is 13.0. The van der Waals surface area contributed by atoms with Crippen LogP contribution in [0.2, 0.25) is 0 Å². The summed E-state index contributed by atoms with van der Waals surface area (Å²) >= 11 is 0. The third-order valence-electron chi connectivity index (χ3n) is 5.44. The molecule has 0 spiro atoms. The van der Waals surface area contributed by atoms with Crippen LogP contribution in [0.25, 0.3) is 0 Å². The lowest BCUT2D eigenvalue weighted by Crippen LogP contribution is -2.20. The van der Waals surface area contributed by atoms with Crippen LogP contribution in [0, 0.1) is 27.7 Å². The molecule has 0 saturated carbocycles. The van der Waals surface area contributed by atoms with Gasteiger partial charge in [0.1, 0.15) is 0 Å². The Morgan fingerprint density at radius 2 is 1.54 bits per heavy atom.